The van der Waals surface area contributed by atoms with Gasteiger partial charge in [-0.05, 0) is 20.8 Å². The minimum Gasteiger partial charge on any atom is -0.481 e. The fourth-order valence-corrected chi connectivity index (χ4v) is 1.27. The molecule has 106 valence electrons. The van der Waals surface area contributed by atoms with E-state index in [0.29, 0.717) is 18.8 Å². The molecule has 0 fully saturated rings. The molecule has 0 spiro atoms. The van der Waals surface area contributed by atoms with Crippen LogP contribution in [-0.2, 0) is 22.5 Å². The molecule has 8 heteroatoms. The minimum atomic E-state index is -0.959. The number of alkyl carbamates (subject to hydrolysis) is 1. The second-order valence-electron chi connectivity index (χ2n) is 4.97. The van der Waals surface area contributed by atoms with E-state index in [4.69, 9.17) is 9.84 Å². The topological polar surface area (TPSA) is 106 Å². The predicted molar refractivity (Wildman–Crippen MR) is 65.6 cm³/mol. The number of ether oxygens (including phenoxy) is 1. The number of carbonyl (C=O) groups is 2. The molecule has 0 aromatic carbocycles. The SMILES string of the molecule is CC(C)(C)OC(=O)NCCn1cc(CC(=O)O)nn1. The molecule has 8 nitrogen and oxygen atoms in total. The highest BCUT2D eigenvalue weighted by Crippen LogP contribution is 2.06. The molecule has 0 atom stereocenters. The Morgan fingerprint density at radius 2 is 2.16 bits per heavy atom. The van der Waals surface area contributed by atoms with Gasteiger partial charge in [0.15, 0.2) is 0 Å². The third kappa shape index (κ3) is 6.39. The molecule has 0 bridgehead atoms. The van der Waals surface area contributed by atoms with Gasteiger partial charge in [-0.25, -0.2) is 4.79 Å². The van der Waals surface area contributed by atoms with Gasteiger partial charge in [-0.15, -0.1) is 5.10 Å². The van der Waals surface area contributed by atoms with Crippen molar-refractivity contribution in [1.82, 2.24) is 20.3 Å². The standard InChI is InChI=1S/C11H18N4O4/c1-11(2,3)19-10(18)12-4-5-15-7-8(13-14-15)6-9(16)17/h7H,4-6H2,1-3H3,(H,12,18)(H,16,17). The van der Waals surface area contributed by atoms with Crippen molar-refractivity contribution in [2.24, 2.45) is 0 Å². The second kappa shape index (κ2) is 6.17. The Kier molecular flexibility index (Phi) is 4.85. The van der Waals surface area contributed by atoms with Crippen LogP contribution in [0.3, 0.4) is 0 Å². The summed E-state index contributed by atoms with van der Waals surface area (Å²) in [6.07, 6.45) is 0.864. The molecule has 0 saturated heterocycles. The van der Waals surface area contributed by atoms with Crippen molar-refractivity contribution < 1.29 is 19.4 Å². The van der Waals surface area contributed by atoms with E-state index in [1.54, 1.807) is 20.8 Å². The maximum Gasteiger partial charge on any atom is 0.407 e. The Morgan fingerprint density at radius 1 is 1.47 bits per heavy atom. The lowest BCUT2D eigenvalue weighted by molar-refractivity contribution is -0.136. The second-order valence-corrected chi connectivity index (χ2v) is 4.97. The number of carboxylic acids is 1. The van der Waals surface area contributed by atoms with Crippen LogP contribution in [-0.4, -0.2) is 44.3 Å². The van der Waals surface area contributed by atoms with E-state index in [2.05, 4.69) is 15.6 Å². The third-order valence-corrected chi connectivity index (χ3v) is 1.93. The van der Waals surface area contributed by atoms with Crippen LogP contribution in [0.1, 0.15) is 26.5 Å². The van der Waals surface area contributed by atoms with Crippen LogP contribution < -0.4 is 5.32 Å². The van der Waals surface area contributed by atoms with Crippen LogP contribution in [0.4, 0.5) is 4.79 Å². The van der Waals surface area contributed by atoms with Crippen molar-refractivity contribution in [3.63, 3.8) is 0 Å². The van der Waals surface area contributed by atoms with Gasteiger partial charge in [0, 0.05) is 12.7 Å². The van der Waals surface area contributed by atoms with Gasteiger partial charge in [-0.1, -0.05) is 5.21 Å². The summed E-state index contributed by atoms with van der Waals surface area (Å²) in [4.78, 5) is 21.8. The number of hydrogen-bond donors (Lipinski definition) is 2. The van der Waals surface area contributed by atoms with E-state index in [0.717, 1.165) is 0 Å². The molecule has 19 heavy (non-hydrogen) atoms. The van der Waals surface area contributed by atoms with Crippen LogP contribution >= 0.6 is 0 Å². The molecule has 1 amide bonds. The van der Waals surface area contributed by atoms with Gasteiger partial charge in [0.1, 0.15) is 5.60 Å². The number of amides is 1. The first-order valence-corrected chi connectivity index (χ1v) is 5.84. The first kappa shape index (κ1) is 14.9. The normalized spacial score (nSPS) is 11.1. The highest BCUT2D eigenvalue weighted by atomic mass is 16.6. The molecule has 0 saturated carbocycles. The largest absolute Gasteiger partial charge is 0.481 e. The fraction of sp³-hybridized carbons (Fsp3) is 0.636. The number of rotatable bonds is 5. The number of hydrogen-bond acceptors (Lipinski definition) is 5. The van der Waals surface area contributed by atoms with Gasteiger partial charge < -0.3 is 15.2 Å². The molecule has 0 aliphatic heterocycles. The number of carboxylic acid groups (broad SMARTS) is 1. The van der Waals surface area contributed by atoms with Crippen molar-refractivity contribution in [2.45, 2.75) is 39.3 Å². The number of aromatic nitrogens is 3. The molecule has 1 rings (SSSR count). The Labute approximate surface area is 110 Å². The van der Waals surface area contributed by atoms with Crippen molar-refractivity contribution in [1.29, 1.82) is 0 Å². The van der Waals surface area contributed by atoms with E-state index in [1.165, 1.54) is 10.9 Å². The number of nitrogens with one attached hydrogen (secondary N) is 1. The van der Waals surface area contributed by atoms with Gasteiger partial charge >= 0.3 is 12.1 Å². The molecule has 0 radical (unpaired) electrons. The zero-order valence-electron chi connectivity index (χ0n) is 11.2. The van der Waals surface area contributed by atoms with Crippen molar-refractivity contribution in [3.8, 4) is 0 Å². The zero-order chi connectivity index (χ0) is 14.5. The van der Waals surface area contributed by atoms with E-state index >= 15 is 0 Å². The molecule has 2 N–H and O–H groups in total. The molecule has 1 aromatic rings. The molecular weight excluding hydrogens is 252 g/mol. The quantitative estimate of drug-likeness (QED) is 0.803. The lowest BCUT2D eigenvalue weighted by Crippen LogP contribution is -2.34. The summed E-state index contributed by atoms with van der Waals surface area (Å²) in [6, 6.07) is 0. The van der Waals surface area contributed by atoms with E-state index in [-0.39, 0.29) is 6.42 Å². The van der Waals surface area contributed by atoms with E-state index in [9.17, 15) is 9.59 Å². The lowest BCUT2D eigenvalue weighted by Gasteiger charge is -2.19. The van der Waals surface area contributed by atoms with Crippen molar-refractivity contribution in [3.05, 3.63) is 11.9 Å². The van der Waals surface area contributed by atoms with Crippen molar-refractivity contribution >= 4 is 12.1 Å². The first-order valence-electron chi connectivity index (χ1n) is 5.84. The van der Waals surface area contributed by atoms with Crippen molar-refractivity contribution in [2.75, 3.05) is 6.54 Å². The number of aliphatic carboxylic acids is 1. The molecular formula is C11H18N4O4. The maximum atomic E-state index is 11.3. The fourth-order valence-electron chi connectivity index (χ4n) is 1.27. The minimum absolute atomic E-state index is 0.167. The smallest absolute Gasteiger partial charge is 0.407 e. The summed E-state index contributed by atoms with van der Waals surface area (Å²) in [5.74, 6) is -0.959. The Balaban J connectivity index is 2.31. The Bertz CT molecular complexity index is 450. The zero-order valence-corrected chi connectivity index (χ0v) is 11.2. The first-order chi connectivity index (χ1) is 8.76. The predicted octanol–water partition coefficient (Wildman–Crippen LogP) is 0.430. The molecule has 0 aliphatic carbocycles. The van der Waals surface area contributed by atoms with Gasteiger partial charge in [-0.2, -0.15) is 0 Å². The van der Waals surface area contributed by atoms with Gasteiger partial charge in [0.2, 0.25) is 0 Å². The van der Waals surface area contributed by atoms with Crippen LogP contribution in [0.25, 0.3) is 0 Å². The Hall–Kier alpha value is -2.12. The van der Waals surface area contributed by atoms with Crippen LogP contribution in [0, 0.1) is 0 Å². The van der Waals surface area contributed by atoms with Crippen LogP contribution in [0.2, 0.25) is 0 Å². The van der Waals surface area contributed by atoms with E-state index in [1.807, 2.05) is 0 Å². The summed E-state index contributed by atoms with van der Waals surface area (Å²) in [6.45, 7) is 6.06. The summed E-state index contributed by atoms with van der Waals surface area (Å²) < 4.78 is 6.53. The van der Waals surface area contributed by atoms with Crippen LogP contribution in [0.5, 0.6) is 0 Å². The summed E-state index contributed by atoms with van der Waals surface area (Å²) in [5.41, 5.74) is -0.156. The average molecular weight is 270 g/mol. The van der Waals surface area contributed by atoms with E-state index < -0.39 is 17.7 Å². The van der Waals surface area contributed by atoms with Crippen LogP contribution in [0.15, 0.2) is 6.20 Å². The summed E-state index contributed by atoms with van der Waals surface area (Å²) in [5, 5.41) is 18.6. The van der Waals surface area contributed by atoms with Gasteiger partial charge in [0.25, 0.3) is 0 Å². The highest BCUT2D eigenvalue weighted by molar-refractivity contribution is 5.69. The monoisotopic (exact) mass is 270 g/mol. The van der Waals surface area contributed by atoms with Gasteiger partial charge in [-0.3, -0.25) is 9.48 Å². The average Bonchev–Trinajstić information content (AvgIpc) is 2.61. The third-order valence-electron chi connectivity index (χ3n) is 1.93. The lowest BCUT2D eigenvalue weighted by atomic mass is 10.2. The Morgan fingerprint density at radius 3 is 2.74 bits per heavy atom. The summed E-state index contributed by atoms with van der Waals surface area (Å²) >= 11 is 0. The molecule has 1 aromatic heterocycles. The molecule has 1 heterocycles. The molecule has 0 unspecified atom stereocenters. The highest BCUT2D eigenvalue weighted by Gasteiger charge is 2.15. The number of carbonyl (C=O) groups excluding carboxylic acids is 1. The summed E-state index contributed by atoms with van der Waals surface area (Å²) in [7, 11) is 0. The molecule has 0 aliphatic rings. The number of nitrogens with zero attached hydrogens (tertiary/aromatic N) is 3. The maximum absolute atomic E-state index is 11.3. The van der Waals surface area contributed by atoms with Gasteiger partial charge in [0.05, 0.1) is 18.7 Å².